The number of fused-ring (bicyclic) bond motifs is 1. The molecule has 0 aliphatic heterocycles. The smallest absolute Gasteiger partial charge is 0.0443 e. The Labute approximate surface area is 102 Å². The molecular weight excluding hydrogens is 210 g/mol. The van der Waals surface area contributed by atoms with E-state index in [2.05, 4.69) is 47.8 Å². The van der Waals surface area contributed by atoms with Crippen LogP contribution in [-0.2, 0) is 6.42 Å². The van der Waals surface area contributed by atoms with E-state index in [1.54, 1.807) is 0 Å². The van der Waals surface area contributed by atoms with Gasteiger partial charge in [-0.25, -0.2) is 0 Å². The molecular formula is C15H19NO. The highest BCUT2D eigenvalue weighted by Crippen LogP contribution is 2.18. The largest absolute Gasteiger partial charge is 0.396 e. The molecule has 0 aliphatic carbocycles. The molecule has 2 nitrogen and oxygen atoms in total. The van der Waals surface area contributed by atoms with Crippen LogP contribution in [-0.4, -0.2) is 24.8 Å². The van der Waals surface area contributed by atoms with Crippen LogP contribution in [0.5, 0.6) is 0 Å². The molecule has 0 aromatic heterocycles. The number of hydrogen-bond acceptors (Lipinski definition) is 2. The second-order valence-corrected chi connectivity index (χ2v) is 4.22. The summed E-state index contributed by atoms with van der Waals surface area (Å²) in [5.74, 6) is 0. The van der Waals surface area contributed by atoms with E-state index < -0.39 is 0 Å². The minimum absolute atomic E-state index is 0.265. The molecule has 2 N–H and O–H groups in total. The van der Waals surface area contributed by atoms with Crippen molar-refractivity contribution in [2.45, 2.75) is 12.8 Å². The highest BCUT2D eigenvalue weighted by molar-refractivity contribution is 5.85. The lowest BCUT2D eigenvalue weighted by atomic mass is 10.0. The number of rotatable bonds is 6. The van der Waals surface area contributed by atoms with Crippen molar-refractivity contribution in [2.75, 3.05) is 19.7 Å². The number of aliphatic hydroxyl groups excluding tert-OH is 1. The molecule has 2 aromatic carbocycles. The average molecular weight is 229 g/mol. The molecule has 0 amide bonds. The molecule has 0 atom stereocenters. The van der Waals surface area contributed by atoms with Crippen molar-refractivity contribution in [1.82, 2.24) is 5.32 Å². The van der Waals surface area contributed by atoms with E-state index in [-0.39, 0.29) is 6.61 Å². The SMILES string of the molecule is OCCCNCCc1cccc2ccccc12. The van der Waals surface area contributed by atoms with Gasteiger partial charge in [-0.15, -0.1) is 0 Å². The Morgan fingerprint density at radius 1 is 0.941 bits per heavy atom. The Kier molecular flexibility index (Phi) is 4.54. The number of hydrogen-bond donors (Lipinski definition) is 2. The Morgan fingerprint density at radius 2 is 1.76 bits per heavy atom. The summed E-state index contributed by atoms with van der Waals surface area (Å²) >= 11 is 0. The minimum Gasteiger partial charge on any atom is -0.396 e. The van der Waals surface area contributed by atoms with Gasteiger partial charge in [-0.2, -0.15) is 0 Å². The lowest BCUT2D eigenvalue weighted by Gasteiger charge is -2.07. The van der Waals surface area contributed by atoms with Gasteiger partial charge in [0, 0.05) is 6.61 Å². The average Bonchev–Trinajstić information content (AvgIpc) is 2.39. The lowest BCUT2D eigenvalue weighted by Crippen LogP contribution is -2.19. The Hall–Kier alpha value is -1.38. The van der Waals surface area contributed by atoms with E-state index in [0.29, 0.717) is 0 Å². The second-order valence-electron chi connectivity index (χ2n) is 4.22. The molecule has 90 valence electrons. The molecule has 2 heteroatoms. The predicted octanol–water partition coefficient (Wildman–Crippen LogP) is 2.35. The summed E-state index contributed by atoms with van der Waals surface area (Å²) in [6, 6.07) is 15.0. The summed E-state index contributed by atoms with van der Waals surface area (Å²) < 4.78 is 0. The van der Waals surface area contributed by atoms with E-state index in [4.69, 9.17) is 5.11 Å². The van der Waals surface area contributed by atoms with Crippen LogP contribution in [0.25, 0.3) is 10.8 Å². The first-order chi connectivity index (χ1) is 8.42. The van der Waals surface area contributed by atoms with E-state index in [0.717, 1.165) is 25.9 Å². The Balaban J connectivity index is 1.98. The highest BCUT2D eigenvalue weighted by atomic mass is 16.3. The van der Waals surface area contributed by atoms with Gasteiger partial charge < -0.3 is 10.4 Å². The lowest BCUT2D eigenvalue weighted by molar-refractivity contribution is 0.286. The van der Waals surface area contributed by atoms with Gasteiger partial charge in [0.25, 0.3) is 0 Å². The fraction of sp³-hybridized carbons (Fsp3) is 0.333. The van der Waals surface area contributed by atoms with Crippen molar-refractivity contribution in [3.05, 3.63) is 48.0 Å². The molecule has 0 unspecified atom stereocenters. The Bertz CT molecular complexity index is 462. The van der Waals surface area contributed by atoms with Crippen LogP contribution in [0.3, 0.4) is 0 Å². The molecule has 0 saturated heterocycles. The molecule has 0 heterocycles. The quantitative estimate of drug-likeness (QED) is 0.745. The maximum Gasteiger partial charge on any atom is 0.0443 e. The summed E-state index contributed by atoms with van der Waals surface area (Å²) in [5, 5.41) is 14.7. The maximum atomic E-state index is 8.68. The summed E-state index contributed by atoms with van der Waals surface area (Å²) in [4.78, 5) is 0. The number of nitrogens with one attached hydrogen (secondary N) is 1. The van der Waals surface area contributed by atoms with Crippen molar-refractivity contribution < 1.29 is 5.11 Å². The topological polar surface area (TPSA) is 32.3 Å². The molecule has 2 aromatic rings. The standard InChI is InChI=1S/C15H19NO/c17-12-4-10-16-11-9-14-7-3-6-13-5-1-2-8-15(13)14/h1-3,5-8,16-17H,4,9-12H2. The van der Waals surface area contributed by atoms with Crippen LogP contribution < -0.4 is 5.32 Å². The van der Waals surface area contributed by atoms with Crippen LogP contribution in [0.2, 0.25) is 0 Å². The summed E-state index contributed by atoms with van der Waals surface area (Å²) in [6.07, 6.45) is 1.86. The van der Waals surface area contributed by atoms with Crippen molar-refractivity contribution in [2.24, 2.45) is 0 Å². The third-order valence-electron chi connectivity index (χ3n) is 2.96. The van der Waals surface area contributed by atoms with Crippen LogP contribution in [0.4, 0.5) is 0 Å². The summed E-state index contributed by atoms with van der Waals surface area (Å²) in [5.41, 5.74) is 1.39. The van der Waals surface area contributed by atoms with Crippen molar-refractivity contribution in [1.29, 1.82) is 0 Å². The summed E-state index contributed by atoms with van der Waals surface area (Å²) in [6.45, 7) is 2.12. The van der Waals surface area contributed by atoms with Gasteiger partial charge in [0.05, 0.1) is 0 Å². The zero-order chi connectivity index (χ0) is 11.9. The first-order valence-electron chi connectivity index (χ1n) is 6.20. The zero-order valence-electron chi connectivity index (χ0n) is 10.0. The van der Waals surface area contributed by atoms with Gasteiger partial charge in [0.15, 0.2) is 0 Å². The van der Waals surface area contributed by atoms with Crippen molar-refractivity contribution >= 4 is 10.8 Å². The van der Waals surface area contributed by atoms with E-state index in [9.17, 15) is 0 Å². The summed E-state index contributed by atoms with van der Waals surface area (Å²) in [7, 11) is 0. The second kappa shape index (κ2) is 6.38. The molecule has 17 heavy (non-hydrogen) atoms. The molecule has 0 saturated carbocycles. The molecule has 2 rings (SSSR count). The van der Waals surface area contributed by atoms with Gasteiger partial charge >= 0.3 is 0 Å². The first-order valence-corrected chi connectivity index (χ1v) is 6.20. The molecule has 0 spiro atoms. The van der Waals surface area contributed by atoms with Crippen molar-refractivity contribution in [3.8, 4) is 0 Å². The molecule has 0 fully saturated rings. The van der Waals surface area contributed by atoms with Crippen LogP contribution in [0.1, 0.15) is 12.0 Å². The maximum absolute atomic E-state index is 8.68. The van der Waals surface area contributed by atoms with Crippen LogP contribution in [0.15, 0.2) is 42.5 Å². The first kappa shape index (κ1) is 12.1. The molecule has 0 aliphatic rings. The van der Waals surface area contributed by atoms with Gasteiger partial charge in [-0.3, -0.25) is 0 Å². The van der Waals surface area contributed by atoms with Gasteiger partial charge in [0.2, 0.25) is 0 Å². The fourth-order valence-corrected chi connectivity index (χ4v) is 2.06. The van der Waals surface area contributed by atoms with Gasteiger partial charge in [0.1, 0.15) is 0 Å². The molecule has 0 radical (unpaired) electrons. The highest BCUT2D eigenvalue weighted by Gasteiger charge is 1.99. The van der Waals surface area contributed by atoms with Crippen molar-refractivity contribution in [3.63, 3.8) is 0 Å². The predicted molar refractivity (Wildman–Crippen MR) is 72.2 cm³/mol. The van der Waals surface area contributed by atoms with E-state index in [1.165, 1.54) is 16.3 Å². The number of benzene rings is 2. The van der Waals surface area contributed by atoms with Gasteiger partial charge in [-0.1, -0.05) is 42.5 Å². The number of aliphatic hydroxyl groups is 1. The normalized spacial score (nSPS) is 10.9. The third-order valence-corrected chi connectivity index (χ3v) is 2.96. The van der Waals surface area contributed by atoms with Gasteiger partial charge in [-0.05, 0) is 42.3 Å². The van der Waals surface area contributed by atoms with Crippen LogP contribution >= 0.6 is 0 Å². The molecule has 0 bridgehead atoms. The zero-order valence-corrected chi connectivity index (χ0v) is 10.0. The van der Waals surface area contributed by atoms with E-state index >= 15 is 0 Å². The monoisotopic (exact) mass is 229 g/mol. The van der Waals surface area contributed by atoms with E-state index in [1.807, 2.05) is 0 Å². The third kappa shape index (κ3) is 3.29. The van der Waals surface area contributed by atoms with Crippen LogP contribution in [0, 0.1) is 0 Å². The Morgan fingerprint density at radius 3 is 2.65 bits per heavy atom. The minimum atomic E-state index is 0.265. The fourth-order valence-electron chi connectivity index (χ4n) is 2.06.